The van der Waals surface area contributed by atoms with Crippen molar-refractivity contribution in [3.8, 4) is 5.69 Å². The number of hydrogen-bond donors (Lipinski definition) is 1. The van der Waals surface area contributed by atoms with Gasteiger partial charge >= 0.3 is 0 Å². The Morgan fingerprint density at radius 1 is 1.20 bits per heavy atom. The zero-order chi connectivity index (χ0) is 14.1. The first-order valence-electron chi connectivity index (χ1n) is 6.60. The minimum atomic E-state index is -0.498. The number of nitrogens with one attached hydrogen (secondary N) is 1. The second-order valence-electron chi connectivity index (χ2n) is 4.96. The number of halogens is 3. The summed E-state index contributed by atoms with van der Waals surface area (Å²) < 4.78 is 29.3. The molecule has 0 bridgehead atoms. The standard InChI is InChI=1S/C14H14BrF2N3/c15-10-7-12(17)13(8-11(10)16)20-6-5-18-14(20)19-9-3-1-2-4-9/h5-9H,1-4H2,(H,18,19). The third-order valence-corrected chi connectivity index (χ3v) is 4.19. The van der Waals surface area contributed by atoms with E-state index in [2.05, 4.69) is 26.2 Å². The van der Waals surface area contributed by atoms with Crippen LogP contribution in [0.2, 0.25) is 0 Å². The maximum absolute atomic E-state index is 14.0. The van der Waals surface area contributed by atoms with Crippen molar-refractivity contribution in [3.05, 3.63) is 40.6 Å². The van der Waals surface area contributed by atoms with Gasteiger partial charge in [0.15, 0.2) is 0 Å². The summed E-state index contributed by atoms with van der Waals surface area (Å²) in [5.74, 6) is -0.440. The van der Waals surface area contributed by atoms with Crippen molar-refractivity contribution in [2.24, 2.45) is 0 Å². The van der Waals surface area contributed by atoms with Crippen LogP contribution in [0, 0.1) is 11.6 Å². The number of nitrogens with zero attached hydrogens (tertiary/aromatic N) is 2. The van der Waals surface area contributed by atoms with Crippen LogP contribution in [0.5, 0.6) is 0 Å². The monoisotopic (exact) mass is 341 g/mol. The van der Waals surface area contributed by atoms with Crippen LogP contribution in [0.1, 0.15) is 25.7 Å². The van der Waals surface area contributed by atoms with Gasteiger partial charge in [-0.25, -0.2) is 13.8 Å². The zero-order valence-corrected chi connectivity index (χ0v) is 12.3. The van der Waals surface area contributed by atoms with Gasteiger partial charge in [-0.15, -0.1) is 0 Å². The fourth-order valence-electron chi connectivity index (χ4n) is 2.55. The summed E-state index contributed by atoms with van der Waals surface area (Å²) in [6, 6.07) is 2.66. The van der Waals surface area contributed by atoms with Gasteiger partial charge in [0, 0.05) is 24.5 Å². The highest BCUT2D eigenvalue weighted by molar-refractivity contribution is 9.10. The van der Waals surface area contributed by atoms with E-state index in [-0.39, 0.29) is 10.2 Å². The molecule has 106 valence electrons. The maximum Gasteiger partial charge on any atom is 0.207 e. The molecule has 6 heteroatoms. The smallest absolute Gasteiger partial charge is 0.207 e. The van der Waals surface area contributed by atoms with Crippen molar-refractivity contribution in [1.82, 2.24) is 9.55 Å². The number of aromatic nitrogens is 2. The highest BCUT2D eigenvalue weighted by Gasteiger charge is 2.18. The van der Waals surface area contributed by atoms with Gasteiger partial charge in [0.25, 0.3) is 0 Å². The van der Waals surface area contributed by atoms with Crippen molar-refractivity contribution in [1.29, 1.82) is 0 Å². The predicted molar refractivity (Wildman–Crippen MR) is 77.1 cm³/mol. The normalized spacial score (nSPS) is 15.8. The molecule has 1 aromatic carbocycles. The Labute approximate surface area is 124 Å². The molecule has 0 spiro atoms. The largest absolute Gasteiger partial charge is 0.353 e. The van der Waals surface area contributed by atoms with E-state index in [0.717, 1.165) is 18.9 Å². The summed E-state index contributed by atoms with van der Waals surface area (Å²) in [5.41, 5.74) is 0.156. The maximum atomic E-state index is 14.0. The van der Waals surface area contributed by atoms with E-state index < -0.39 is 11.6 Å². The first-order chi connectivity index (χ1) is 9.65. The molecule has 1 fully saturated rings. The van der Waals surface area contributed by atoms with E-state index in [0.29, 0.717) is 12.0 Å². The molecule has 1 N–H and O–H groups in total. The molecule has 0 unspecified atom stereocenters. The number of imidazole rings is 1. The van der Waals surface area contributed by atoms with E-state index >= 15 is 0 Å². The molecule has 1 aliphatic rings. The Balaban J connectivity index is 1.94. The molecule has 20 heavy (non-hydrogen) atoms. The predicted octanol–water partition coefficient (Wildman–Crippen LogP) is 4.27. The molecule has 0 saturated heterocycles. The Bertz CT molecular complexity index is 621. The molecule has 2 aromatic rings. The Morgan fingerprint density at radius 3 is 2.70 bits per heavy atom. The quantitative estimate of drug-likeness (QED) is 0.845. The molecule has 1 aliphatic carbocycles. The fourth-order valence-corrected chi connectivity index (χ4v) is 2.87. The topological polar surface area (TPSA) is 29.9 Å². The molecular formula is C14H14BrF2N3. The van der Waals surface area contributed by atoms with Gasteiger partial charge < -0.3 is 5.32 Å². The highest BCUT2D eigenvalue weighted by Crippen LogP contribution is 2.26. The van der Waals surface area contributed by atoms with Crippen LogP contribution >= 0.6 is 15.9 Å². The van der Waals surface area contributed by atoms with E-state index in [4.69, 9.17) is 0 Å². The molecule has 1 aromatic heterocycles. The molecule has 0 atom stereocenters. The van der Waals surface area contributed by atoms with Crippen LogP contribution in [-0.4, -0.2) is 15.6 Å². The number of hydrogen-bond acceptors (Lipinski definition) is 2. The van der Waals surface area contributed by atoms with Crippen LogP contribution in [0.3, 0.4) is 0 Å². The van der Waals surface area contributed by atoms with Gasteiger partial charge in [0.2, 0.25) is 5.95 Å². The average Bonchev–Trinajstić information content (AvgIpc) is 3.06. The summed E-state index contributed by atoms with van der Waals surface area (Å²) >= 11 is 2.98. The summed E-state index contributed by atoms with van der Waals surface area (Å²) in [5, 5.41) is 3.30. The third kappa shape index (κ3) is 2.57. The second kappa shape index (κ2) is 5.52. The Morgan fingerprint density at radius 2 is 1.95 bits per heavy atom. The molecule has 0 aliphatic heterocycles. The molecule has 3 rings (SSSR count). The average molecular weight is 342 g/mol. The Hall–Kier alpha value is -1.43. The fraction of sp³-hybridized carbons (Fsp3) is 0.357. The van der Waals surface area contributed by atoms with Crippen LogP contribution in [0.25, 0.3) is 5.69 Å². The van der Waals surface area contributed by atoms with E-state index in [1.807, 2.05) is 0 Å². The first-order valence-corrected chi connectivity index (χ1v) is 7.39. The molecule has 3 nitrogen and oxygen atoms in total. The van der Waals surface area contributed by atoms with E-state index in [9.17, 15) is 8.78 Å². The van der Waals surface area contributed by atoms with Gasteiger partial charge in [-0.1, -0.05) is 12.8 Å². The van der Waals surface area contributed by atoms with Gasteiger partial charge in [-0.3, -0.25) is 4.57 Å². The highest BCUT2D eigenvalue weighted by atomic mass is 79.9. The van der Waals surface area contributed by atoms with Gasteiger partial charge in [0.05, 0.1) is 10.2 Å². The zero-order valence-electron chi connectivity index (χ0n) is 10.7. The molecule has 1 saturated carbocycles. The van der Waals surface area contributed by atoms with Crippen LogP contribution in [-0.2, 0) is 0 Å². The van der Waals surface area contributed by atoms with Crippen LogP contribution in [0.4, 0.5) is 14.7 Å². The Kier molecular flexibility index (Phi) is 3.74. The van der Waals surface area contributed by atoms with Gasteiger partial charge in [-0.2, -0.15) is 0 Å². The van der Waals surface area contributed by atoms with Crippen molar-refractivity contribution in [3.63, 3.8) is 0 Å². The van der Waals surface area contributed by atoms with Crippen molar-refractivity contribution >= 4 is 21.9 Å². The first kappa shape index (κ1) is 13.5. The van der Waals surface area contributed by atoms with Gasteiger partial charge in [0.1, 0.15) is 11.6 Å². The van der Waals surface area contributed by atoms with Gasteiger partial charge in [-0.05, 0) is 34.8 Å². The number of benzene rings is 1. The lowest BCUT2D eigenvalue weighted by Gasteiger charge is -2.15. The lowest BCUT2D eigenvalue weighted by atomic mass is 10.2. The lowest BCUT2D eigenvalue weighted by Crippen LogP contribution is -2.18. The van der Waals surface area contributed by atoms with E-state index in [1.54, 1.807) is 17.0 Å². The summed E-state index contributed by atoms with van der Waals surface area (Å²) in [4.78, 5) is 4.20. The van der Waals surface area contributed by atoms with E-state index in [1.165, 1.54) is 18.9 Å². The number of rotatable bonds is 3. The minimum Gasteiger partial charge on any atom is -0.353 e. The summed E-state index contributed by atoms with van der Waals surface area (Å²) in [7, 11) is 0. The van der Waals surface area contributed by atoms with Crippen molar-refractivity contribution < 1.29 is 8.78 Å². The summed E-state index contributed by atoms with van der Waals surface area (Å²) in [6.45, 7) is 0. The SMILES string of the molecule is Fc1cc(-n2ccnc2NC2CCCC2)c(F)cc1Br. The molecule has 0 radical (unpaired) electrons. The lowest BCUT2D eigenvalue weighted by molar-refractivity contribution is 0.587. The summed E-state index contributed by atoms with van der Waals surface area (Å²) in [6.07, 6.45) is 7.77. The molecule has 0 amide bonds. The van der Waals surface area contributed by atoms with Crippen LogP contribution < -0.4 is 5.32 Å². The van der Waals surface area contributed by atoms with Crippen molar-refractivity contribution in [2.75, 3.05) is 5.32 Å². The van der Waals surface area contributed by atoms with Crippen molar-refractivity contribution in [2.45, 2.75) is 31.7 Å². The van der Waals surface area contributed by atoms with Crippen LogP contribution in [0.15, 0.2) is 29.0 Å². The number of anilines is 1. The minimum absolute atomic E-state index is 0.115. The molecular weight excluding hydrogens is 328 g/mol. The third-order valence-electron chi connectivity index (χ3n) is 3.58. The second-order valence-corrected chi connectivity index (χ2v) is 5.82. The molecule has 1 heterocycles.